The van der Waals surface area contributed by atoms with Gasteiger partial charge in [-0.2, -0.15) is 0 Å². The van der Waals surface area contributed by atoms with Crippen LogP contribution in [0.5, 0.6) is 0 Å². The van der Waals surface area contributed by atoms with Crippen LogP contribution in [0.25, 0.3) is 0 Å². The Labute approximate surface area is 100 Å². The average Bonchev–Trinajstić information content (AvgIpc) is 2.19. The van der Waals surface area contributed by atoms with Crippen LogP contribution in [0.15, 0.2) is 11.1 Å². The quantitative estimate of drug-likeness (QED) is 0.744. The Morgan fingerprint density at radius 1 is 1.73 bits per heavy atom. The Kier molecular flexibility index (Phi) is 4.06. The normalized spacial score (nSPS) is 10.0. The zero-order valence-electron chi connectivity index (χ0n) is 8.16. The van der Waals surface area contributed by atoms with Crippen LogP contribution in [0.1, 0.15) is 6.92 Å². The van der Waals surface area contributed by atoms with Gasteiger partial charge in [0.1, 0.15) is 9.39 Å². The molecule has 0 fully saturated rings. The van der Waals surface area contributed by atoms with E-state index in [0.717, 1.165) is 0 Å². The first-order chi connectivity index (χ1) is 7.06. The summed E-state index contributed by atoms with van der Waals surface area (Å²) < 4.78 is 0.457. The van der Waals surface area contributed by atoms with Crippen molar-refractivity contribution in [1.82, 2.24) is 9.97 Å². The molecule has 0 aliphatic rings. The van der Waals surface area contributed by atoms with E-state index in [1.165, 1.54) is 6.33 Å². The van der Waals surface area contributed by atoms with Crippen LogP contribution < -0.4 is 16.2 Å². The van der Waals surface area contributed by atoms with Crippen LogP contribution >= 0.6 is 22.6 Å². The lowest BCUT2D eigenvalue weighted by Gasteiger charge is -2.20. The summed E-state index contributed by atoms with van der Waals surface area (Å²) in [6.45, 7) is 2.49. The van der Waals surface area contributed by atoms with Crippen molar-refractivity contribution in [1.29, 1.82) is 0 Å². The molecule has 0 atom stereocenters. The fraction of sp³-hybridized carbons (Fsp3) is 0.375. The van der Waals surface area contributed by atoms with Crippen molar-refractivity contribution >= 4 is 34.3 Å². The number of H-pyrrole nitrogens is 1. The number of hydrogen-bond acceptors (Lipinski definition) is 4. The maximum Gasteiger partial charge on any atom is 0.266 e. The number of aromatic nitrogens is 2. The molecule has 1 aromatic rings. The summed E-state index contributed by atoms with van der Waals surface area (Å²) in [5.74, 6) is 0.0374. The first kappa shape index (κ1) is 12.0. The van der Waals surface area contributed by atoms with Gasteiger partial charge in [0.05, 0.1) is 12.9 Å². The van der Waals surface area contributed by atoms with Gasteiger partial charge in [-0.25, -0.2) is 4.98 Å². The van der Waals surface area contributed by atoms with Crippen molar-refractivity contribution in [2.75, 3.05) is 18.0 Å². The number of nitrogens with one attached hydrogen (secondary N) is 1. The molecule has 7 heteroatoms. The minimum atomic E-state index is -0.449. The van der Waals surface area contributed by atoms with Gasteiger partial charge in [-0.05, 0) is 29.5 Å². The van der Waals surface area contributed by atoms with Crippen LogP contribution in [-0.4, -0.2) is 29.0 Å². The third kappa shape index (κ3) is 2.91. The van der Waals surface area contributed by atoms with Gasteiger partial charge in [-0.3, -0.25) is 9.59 Å². The molecule has 0 aliphatic carbocycles. The van der Waals surface area contributed by atoms with Crippen LogP contribution in [-0.2, 0) is 4.79 Å². The van der Waals surface area contributed by atoms with E-state index in [1.54, 1.807) is 4.90 Å². The monoisotopic (exact) mass is 322 g/mol. The van der Waals surface area contributed by atoms with Crippen molar-refractivity contribution in [2.45, 2.75) is 6.92 Å². The maximum absolute atomic E-state index is 11.3. The zero-order chi connectivity index (χ0) is 11.4. The highest BCUT2D eigenvalue weighted by Crippen LogP contribution is 2.14. The van der Waals surface area contributed by atoms with Crippen molar-refractivity contribution in [2.24, 2.45) is 5.73 Å². The van der Waals surface area contributed by atoms with Gasteiger partial charge in [-0.15, -0.1) is 0 Å². The lowest BCUT2D eigenvalue weighted by Crippen LogP contribution is -2.35. The predicted molar refractivity (Wildman–Crippen MR) is 64.7 cm³/mol. The average molecular weight is 322 g/mol. The molecule has 1 heterocycles. The fourth-order valence-electron chi connectivity index (χ4n) is 1.12. The summed E-state index contributed by atoms with van der Waals surface area (Å²) in [4.78, 5) is 30.2. The van der Waals surface area contributed by atoms with Crippen molar-refractivity contribution in [3.63, 3.8) is 0 Å². The highest BCUT2D eigenvalue weighted by molar-refractivity contribution is 14.1. The molecular weight excluding hydrogens is 311 g/mol. The Hall–Kier alpha value is -1.12. The Balaban J connectivity index is 3.07. The minimum absolute atomic E-state index is 0.0585. The second-order valence-electron chi connectivity index (χ2n) is 2.85. The molecule has 0 bridgehead atoms. The number of aromatic amines is 1. The molecule has 3 N–H and O–H groups in total. The number of likely N-dealkylation sites (N-methyl/N-ethyl adjacent to an activating group) is 1. The molecule has 0 aliphatic heterocycles. The number of hydrogen-bond donors (Lipinski definition) is 2. The van der Waals surface area contributed by atoms with Gasteiger partial charge in [0, 0.05) is 6.54 Å². The van der Waals surface area contributed by atoms with Crippen molar-refractivity contribution in [3.8, 4) is 0 Å². The second-order valence-corrected chi connectivity index (χ2v) is 3.93. The third-order valence-corrected chi connectivity index (χ3v) is 2.78. The van der Waals surface area contributed by atoms with E-state index in [9.17, 15) is 9.59 Å². The third-order valence-electron chi connectivity index (χ3n) is 1.81. The van der Waals surface area contributed by atoms with Gasteiger partial charge in [0.15, 0.2) is 0 Å². The van der Waals surface area contributed by atoms with E-state index in [0.29, 0.717) is 15.9 Å². The molecule has 0 radical (unpaired) electrons. The molecule has 1 aromatic heterocycles. The van der Waals surface area contributed by atoms with E-state index in [2.05, 4.69) is 9.97 Å². The lowest BCUT2D eigenvalue weighted by molar-refractivity contribution is -0.116. The summed E-state index contributed by atoms with van der Waals surface area (Å²) in [5.41, 5.74) is 4.88. The number of rotatable bonds is 4. The van der Waals surface area contributed by atoms with Gasteiger partial charge < -0.3 is 15.6 Å². The second kappa shape index (κ2) is 5.10. The van der Waals surface area contributed by atoms with Crippen LogP contribution in [0.2, 0.25) is 0 Å². The lowest BCUT2D eigenvalue weighted by atomic mass is 10.4. The van der Waals surface area contributed by atoms with Crippen molar-refractivity contribution in [3.05, 3.63) is 20.3 Å². The summed E-state index contributed by atoms with van der Waals surface area (Å²) in [6.07, 6.45) is 1.31. The molecular formula is C8H11IN4O2. The van der Waals surface area contributed by atoms with E-state index >= 15 is 0 Å². The molecule has 0 spiro atoms. The number of carbonyl (C=O) groups excluding carboxylic acids is 1. The number of halogens is 1. The van der Waals surface area contributed by atoms with E-state index in [-0.39, 0.29) is 12.1 Å². The highest BCUT2D eigenvalue weighted by Gasteiger charge is 2.13. The summed E-state index contributed by atoms with van der Waals surface area (Å²) in [5, 5.41) is 0. The Morgan fingerprint density at radius 3 is 2.93 bits per heavy atom. The summed E-state index contributed by atoms with van der Waals surface area (Å²) in [7, 11) is 0. The summed E-state index contributed by atoms with van der Waals surface area (Å²) >= 11 is 1.89. The van der Waals surface area contributed by atoms with E-state index < -0.39 is 5.91 Å². The molecule has 0 unspecified atom stereocenters. The van der Waals surface area contributed by atoms with Gasteiger partial charge >= 0.3 is 0 Å². The first-order valence-electron chi connectivity index (χ1n) is 4.32. The first-order valence-corrected chi connectivity index (χ1v) is 5.40. The fourth-order valence-corrected chi connectivity index (χ4v) is 1.75. The largest absolute Gasteiger partial charge is 0.368 e. The number of carbonyl (C=O) groups is 1. The number of nitrogens with zero attached hydrogens (tertiary/aromatic N) is 2. The Morgan fingerprint density at radius 2 is 2.40 bits per heavy atom. The molecule has 82 valence electrons. The smallest absolute Gasteiger partial charge is 0.266 e. The maximum atomic E-state index is 11.3. The van der Waals surface area contributed by atoms with Crippen LogP contribution in [0, 0.1) is 3.57 Å². The van der Waals surface area contributed by atoms with E-state index in [4.69, 9.17) is 5.73 Å². The molecule has 6 nitrogen and oxygen atoms in total. The molecule has 0 saturated heterocycles. The zero-order valence-corrected chi connectivity index (χ0v) is 10.3. The van der Waals surface area contributed by atoms with Gasteiger partial charge in [-0.1, -0.05) is 0 Å². The highest BCUT2D eigenvalue weighted by atomic mass is 127. The SMILES string of the molecule is CCN(CC(N)=O)c1nc[nH]c(=O)c1I. The van der Waals surface area contributed by atoms with Crippen molar-refractivity contribution < 1.29 is 4.79 Å². The molecule has 0 aromatic carbocycles. The summed E-state index contributed by atoms with van der Waals surface area (Å²) in [6, 6.07) is 0. The number of amides is 1. The Bertz CT molecular complexity index is 417. The van der Waals surface area contributed by atoms with Gasteiger partial charge in [0.2, 0.25) is 5.91 Å². The van der Waals surface area contributed by atoms with Crippen LogP contribution in [0.4, 0.5) is 5.82 Å². The number of anilines is 1. The molecule has 1 amide bonds. The number of primary amides is 1. The molecule has 0 saturated carbocycles. The van der Waals surface area contributed by atoms with E-state index in [1.807, 2.05) is 29.5 Å². The molecule has 15 heavy (non-hydrogen) atoms. The van der Waals surface area contributed by atoms with Gasteiger partial charge in [0.25, 0.3) is 5.56 Å². The predicted octanol–water partition coefficient (Wildman–Crippen LogP) is -0.314. The standard InChI is InChI=1S/C8H11IN4O2/c1-2-13(3-5(10)14)7-6(9)8(15)12-4-11-7/h4H,2-3H2,1H3,(H2,10,14)(H,11,12,15). The molecule has 1 rings (SSSR count). The number of nitrogens with two attached hydrogens (primary N) is 1. The minimum Gasteiger partial charge on any atom is -0.368 e. The van der Waals surface area contributed by atoms with Crippen LogP contribution in [0.3, 0.4) is 0 Å². The topological polar surface area (TPSA) is 92.1 Å².